The van der Waals surface area contributed by atoms with Crippen LogP contribution in [0.1, 0.15) is 23.6 Å². The van der Waals surface area contributed by atoms with E-state index in [1.807, 2.05) is 19.1 Å². The Morgan fingerprint density at radius 1 is 1.50 bits per heavy atom. The Morgan fingerprint density at radius 3 is 2.81 bits per heavy atom. The Morgan fingerprint density at radius 2 is 2.19 bits per heavy atom. The number of hydrogen-bond donors (Lipinski definition) is 1. The summed E-state index contributed by atoms with van der Waals surface area (Å²) in [7, 11) is 3.41. The Bertz CT molecular complexity index is 443. The molecule has 0 spiro atoms. The maximum absolute atomic E-state index is 11.7. The van der Waals surface area contributed by atoms with Gasteiger partial charge >= 0.3 is 0 Å². The molecule has 0 saturated heterocycles. The van der Waals surface area contributed by atoms with E-state index in [1.54, 1.807) is 19.1 Å². The third-order valence-electron chi connectivity index (χ3n) is 3.04. The van der Waals surface area contributed by atoms with Crippen LogP contribution in [0.3, 0.4) is 0 Å². The van der Waals surface area contributed by atoms with Gasteiger partial charge in [0.05, 0.1) is 12.8 Å². The summed E-state index contributed by atoms with van der Waals surface area (Å²) in [6.45, 7) is 1.96. The molecule has 1 heterocycles. The number of fused-ring (bicyclic) bond motifs is 1. The third kappa shape index (κ3) is 1.55. The molecule has 86 valence electrons. The average Bonchev–Trinajstić information content (AvgIpc) is 2.25. The highest BCUT2D eigenvalue weighted by Gasteiger charge is 2.28. The molecule has 1 aromatic rings. The number of anilines is 1. The summed E-state index contributed by atoms with van der Waals surface area (Å²) in [5.41, 5.74) is 8.91. The average molecular weight is 220 g/mol. The van der Waals surface area contributed by atoms with E-state index in [9.17, 15) is 4.79 Å². The molecule has 1 aliphatic rings. The number of nitrogens with two attached hydrogens (primary N) is 1. The number of amides is 1. The molecule has 0 aromatic heterocycles. The number of aryl methyl sites for hydroxylation is 1. The first-order valence-corrected chi connectivity index (χ1v) is 5.25. The lowest BCUT2D eigenvalue weighted by molar-refractivity contribution is -0.119. The van der Waals surface area contributed by atoms with E-state index in [0.717, 1.165) is 22.6 Å². The number of carbonyl (C=O) groups is 1. The molecule has 1 aromatic carbocycles. The van der Waals surface area contributed by atoms with Crippen LogP contribution in [0.15, 0.2) is 12.1 Å². The van der Waals surface area contributed by atoms with Crippen LogP contribution in [0.25, 0.3) is 0 Å². The fourth-order valence-corrected chi connectivity index (χ4v) is 2.19. The molecule has 4 nitrogen and oxygen atoms in total. The SMILES string of the molecule is COc1cc(C)c2c(c1)C(N)CC(=O)N2C. The molecule has 2 N–H and O–H groups in total. The summed E-state index contributed by atoms with van der Waals surface area (Å²) in [4.78, 5) is 13.4. The molecule has 16 heavy (non-hydrogen) atoms. The fraction of sp³-hybridized carbons (Fsp3) is 0.417. The van der Waals surface area contributed by atoms with E-state index in [4.69, 9.17) is 10.5 Å². The summed E-state index contributed by atoms with van der Waals surface area (Å²) in [6.07, 6.45) is 0.357. The van der Waals surface area contributed by atoms with Crippen molar-refractivity contribution in [2.75, 3.05) is 19.1 Å². The molecule has 0 aliphatic carbocycles. The van der Waals surface area contributed by atoms with Gasteiger partial charge in [0.15, 0.2) is 0 Å². The zero-order valence-corrected chi connectivity index (χ0v) is 9.78. The molecule has 0 saturated carbocycles. The highest BCUT2D eigenvalue weighted by molar-refractivity contribution is 5.97. The minimum atomic E-state index is -0.229. The predicted molar refractivity (Wildman–Crippen MR) is 62.7 cm³/mol. The Hall–Kier alpha value is -1.55. The van der Waals surface area contributed by atoms with E-state index < -0.39 is 0 Å². The van der Waals surface area contributed by atoms with Gasteiger partial charge in [-0.25, -0.2) is 0 Å². The lowest BCUT2D eigenvalue weighted by Crippen LogP contribution is -2.36. The molecule has 1 unspecified atom stereocenters. The van der Waals surface area contributed by atoms with Gasteiger partial charge in [-0.15, -0.1) is 0 Å². The van der Waals surface area contributed by atoms with Gasteiger partial charge < -0.3 is 15.4 Å². The molecule has 0 radical (unpaired) electrons. The van der Waals surface area contributed by atoms with Gasteiger partial charge in [-0.1, -0.05) is 0 Å². The first-order chi connectivity index (χ1) is 7.54. The first kappa shape index (κ1) is 11.0. The van der Waals surface area contributed by atoms with Gasteiger partial charge in [0, 0.05) is 19.5 Å². The standard InChI is InChI=1S/C12H16N2O2/c1-7-4-8(16-3)5-9-10(13)6-11(15)14(2)12(7)9/h4-5,10H,6,13H2,1-3H3. The van der Waals surface area contributed by atoms with Gasteiger partial charge in [-0.2, -0.15) is 0 Å². The van der Waals surface area contributed by atoms with Crippen LogP contribution in [-0.4, -0.2) is 20.1 Å². The third-order valence-corrected chi connectivity index (χ3v) is 3.04. The van der Waals surface area contributed by atoms with Crippen molar-refractivity contribution in [3.8, 4) is 5.75 Å². The maximum Gasteiger partial charge on any atom is 0.228 e. The number of methoxy groups -OCH3 is 1. The van der Waals surface area contributed by atoms with Crippen molar-refractivity contribution >= 4 is 11.6 Å². The first-order valence-electron chi connectivity index (χ1n) is 5.25. The molecular formula is C12H16N2O2. The van der Waals surface area contributed by atoms with E-state index in [-0.39, 0.29) is 11.9 Å². The van der Waals surface area contributed by atoms with Gasteiger partial charge in [-0.05, 0) is 30.2 Å². The summed E-state index contributed by atoms with van der Waals surface area (Å²) in [5, 5.41) is 0. The Kier molecular flexibility index (Phi) is 2.59. The lowest BCUT2D eigenvalue weighted by Gasteiger charge is -2.31. The number of nitrogens with zero attached hydrogens (tertiary/aromatic N) is 1. The second kappa shape index (κ2) is 3.79. The van der Waals surface area contributed by atoms with Crippen LogP contribution in [0.4, 0.5) is 5.69 Å². The fourth-order valence-electron chi connectivity index (χ4n) is 2.19. The van der Waals surface area contributed by atoms with Crippen LogP contribution in [0, 0.1) is 6.92 Å². The second-order valence-electron chi connectivity index (χ2n) is 4.15. The molecular weight excluding hydrogens is 204 g/mol. The predicted octanol–water partition coefficient (Wildman–Crippen LogP) is 1.37. The van der Waals surface area contributed by atoms with E-state index in [1.165, 1.54) is 0 Å². The largest absolute Gasteiger partial charge is 0.497 e. The van der Waals surface area contributed by atoms with Crippen LogP contribution in [0.5, 0.6) is 5.75 Å². The minimum absolute atomic E-state index is 0.0632. The van der Waals surface area contributed by atoms with Crippen molar-refractivity contribution in [2.24, 2.45) is 5.73 Å². The topological polar surface area (TPSA) is 55.6 Å². The quantitative estimate of drug-likeness (QED) is 0.777. The van der Waals surface area contributed by atoms with Gasteiger partial charge in [-0.3, -0.25) is 4.79 Å². The summed E-state index contributed by atoms with van der Waals surface area (Å²) in [5.74, 6) is 0.850. The summed E-state index contributed by atoms with van der Waals surface area (Å²) < 4.78 is 5.21. The highest BCUT2D eigenvalue weighted by atomic mass is 16.5. The Balaban J connectivity index is 2.61. The number of rotatable bonds is 1. The zero-order valence-electron chi connectivity index (χ0n) is 9.78. The molecule has 1 amide bonds. The van der Waals surface area contributed by atoms with Gasteiger partial charge in [0.2, 0.25) is 5.91 Å². The highest BCUT2D eigenvalue weighted by Crippen LogP contribution is 2.37. The van der Waals surface area contributed by atoms with Crippen molar-refractivity contribution < 1.29 is 9.53 Å². The molecule has 4 heteroatoms. The van der Waals surface area contributed by atoms with E-state index in [2.05, 4.69) is 0 Å². The van der Waals surface area contributed by atoms with E-state index >= 15 is 0 Å². The summed E-state index contributed by atoms with van der Waals surface area (Å²) in [6, 6.07) is 3.60. The normalized spacial score (nSPS) is 19.6. The van der Waals surface area contributed by atoms with Gasteiger partial charge in [0.25, 0.3) is 0 Å². The number of hydrogen-bond acceptors (Lipinski definition) is 3. The summed E-state index contributed by atoms with van der Waals surface area (Å²) >= 11 is 0. The molecule has 1 aliphatic heterocycles. The monoisotopic (exact) mass is 220 g/mol. The molecule has 1 atom stereocenters. The number of benzene rings is 1. The number of carbonyl (C=O) groups excluding carboxylic acids is 1. The van der Waals surface area contributed by atoms with E-state index in [0.29, 0.717) is 6.42 Å². The molecule has 2 rings (SSSR count). The van der Waals surface area contributed by atoms with Crippen LogP contribution in [0.2, 0.25) is 0 Å². The van der Waals surface area contributed by atoms with Crippen LogP contribution < -0.4 is 15.4 Å². The zero-order chi connectivity index (χ0) is 11.9. The molecule has 0 bridgehead atoms. The minimum Gasteiger partial charge on any atom is -0.497 e. The van der Waals surface area contributed by atoms with Crippen LogP contribution >= 0.6 is 0 Å². The smallest absolute Gasteiger partial charge is 0.228 e. The Labute approximate surface area is 95.0 Å². The lowest BCUT2D eigenvalue weighted by atomic mass is 9.94. The van der Waals surface area contributed by atoms with Crippen molar-refractivity contribution in [2.45, 2.75) is 19.4 Å². The number of ether oxygens (including phenoxy) is 1. The van der Waals surface area contributed by atoms with Crippen molar-refractivity contribution in [1.29, 1.82) is 0 Å². The van der Waals surface area contributed by atoms with Crippen molar-refractivity contribution in [3.63, 3.8) is 0 Å². The van der Waals surface area contributed by atoms with Gasteiger partial charge in [0.1, 0.15) is 5.75 Å². The maximum atomic E-state index is 11.7. The molecule has 0 fully saturated rings. The van der Waals surface area contributed by atoms with Crippen molar-refractivity contribution in [1.82, 2.24) is 0 Å². The van der Waals surface area contributed by atoms with Crippen molar-refractivity contribution in [3.05, 3.63) is 23.3 Å². The van der Waals surface area contributed by atoms with Crippen LogP contribution in [-0.2, 0) is 4.79 Å². The second-order valence-corrected chi connectivity index (χ2v) is 4.15.